The summed E-state index contributed by atoms with van der Waals surface area (Å²) in [6.07, 6.45) is 0. The summed E-state index contributed by atoms with van der Waals surface area (Å²) >= 11 is 0. The molecule has 1 amide bonds. The molecule has 0 saturated carbocycles. The Labute approximate surface area is 128 Å². The van der Waals surface area contributed by atoms with Gasteiger partial charge in [-0.05, 0) is 38.1 Å². The van der Waals surface area contributed by atoms with Crippen LogP contribution in [0.2, 0.25) is 0 Å². The van der Waals surface area contributed by atoms with Crippen LogP contribution in [0.3, 0.4) is 0 Å². The minimum atomic E-state index is -0.419. The van der Waals surface area contributed by atoms with E-state index in [1.165, 1.54) is 5.56 Å². The van der Waals surface area contributed by atoms with Crippen LogP contribution in [-0.4, -0.2) is 42.4 Å². The molecule has 1 atom stereocenters. The van der Waals surface area contributed by atoms with Gasteiger partial charge in [-0.15, -0.1) is 0 Å². The molecule has 0 radical (unpaired) electrons. The molecular formula is C17H29N3O. The maximum absolute atomic E-state index is 12.3. The van der Waals surface area contributed by atoms with Crippen molar-refractivity contribution in [3.05, 3.63) is 35.4 Å². The van der Waals surface area contributed by atoms with E-state index in [4.69, 9.17) is 5.73 Å². The van der Waals surface area contributed by atoms with Gasteiger partial charge >= 0.3 is 0 Å². The van der Waals surface area contributed by atoms with Gasteiger partial charge in [-0.25, -0.2) is 0 Å². The second-order valence-electron chi connectivity index (χ2n) is 6.18. The number of nitrogens with zero attached hydrogens (tertiary/aromatic N) is 2. The number of amides is 1. The summed E-state index contributed by atoms with van der Waals surface area (Å²) in [6.45, 7) is 8.18. The van der Waals surface area contributed by atoms with Crippen LogP contribution in [0.4, 0.5) is 0 Å². The fourth-order valence-electron chi connectivity index (χ4n) is 2.18. The molecule has 1 rings (SSSR count). The molecule has 0 bridgehead atoms. The van der Waals surface area contributed by atoms with Gasteiger partial charge < -0.3 is 15.5 Å². The number of rotatable bonds is 7. The Kier molecular flexibility index (Phi) is 6.85. The minimum Gasteiger partial charge on any atom is -0.337 e. The monoisotopic (exact) mass is 291 g/mol. The van der Waals surface area contributed by atoms with Gasteiger partial charge in [0, 0.05) is 19.6 Å². The third kappa shape index (κ3) is 5.48. The Hall–Kier alpha value is -1.39. The second-order valence-corrected chi connectivity index (χ2v) is 6.18. The first-order valence-electron chi connectivity index (χ1n) is 7.62. The van der Waals surface area contributed by atoms with Crippen molar-refractivity contribution >= 4 is 5.91 Å². The molecule has 0 aliphatic carbocycles. The Morgan fingerprint density at radius 3 is 1.95 bits per heavy atom. The molecule has 21 heavy (non-hydrogen) atoms. The molecule has 0 aromatic heterocycles. The molecule has 0 aliphatic heterocycles. The van der Waals surface area contributed by atoms with E-state index < -0.39 is 6.04 Å². The SMILES string of the molecule is CCN(Cc1ccc(CN(C)C)cc1)C(=O)[C@@H](N)C(C)C. The average molecular weight is 291 g/mol. The van der Waals surface area contributed by atoms with Gasteiger partial charge in [-0.1, -0.05) is 38.1 Å². The molecular weight excluding hydrogens is 262 g/mol. The molecule has 2 N–H and O–H groups in total. The largest absolute Gasteiger partial charge is 0.337 e. The van der Waals surface area contributed by atoms with Gasteiger partial charge in [0.25, 0.3) is 0 Å². The normalized spacial score (nSPS) is 12.8. The first-order valence-corrected chi connectivity index (χ1v) is 7.62. The van der Waals surface area contributed by atoms with Crippen LogP contribution < -0.4 is 5.73 Å². The number of hydrogen-bond donors (Lipinski definition) is 1. The van der Waals surface area contributed by atoms with Crippen molar-refractivity contribution < 1.29 is 4.79 Å². The van der Waals surface area contributed by atoms with Crippen molar-refractivity contribution in [1.29, 1.82) is 0 Å². The summed E-state index contributed by atoms with van der Waals surface area (Å²) < 4.78 is 0. The number of carbonyl (C=O) groups excluding carboxylic acids is 1. The van der Waals surface area contributed by atoms with Gasteiger partial charge in [0.05, 0.1) is 6.04 Å². The molecule has 4 heteroatoms. The van der Waals surface area contributed by atoms with Crippen LogP contribution in [0.1, 0.15) is 31.9 Å². The van der Waals surface area contributed by atoms with E-state index >= 15 is 0 Å². The van der Waals surface area contributed by atoms with E-state index in [2.05, 4.69) is 43.3 Å². The van der Waals surface area contributed by atoms with Crippen molar-refractivity contribution in [2.24, 2.45) is 11.7 Å². The lowest BCUT2D eigenvalue weighted by Gasteiger charge is -2.26. The van der Waals surface area contributed by atoms with Gasteiger partial charge in [0.2, 0.25) is 5.91 Å². The maximum Gasteiger partial charge on any atom is 0.240 e. The number of likely N-dealkylation sites (N-methyl/N-ethyl adjacent to an activating group) is 1. The van der Waals surface area contributed by atoms with Crippen LogP contribution in [0.15, 0.2) is 24.3 Å². The summed E-state index contributed by atoms with van der Waals surface area (Å²) in [6, 6.07) is 8.01. The van der Waals surface area contributed by atoms with Crippen molar-refractivity contribution in [3.63, 3.8) is 0 Å². The van der Waals surface area contributed by atoms with Gasteiger partial charge in [-0.3, -0.25) is 4.79 Å². The Bertz CT molecular complexity index is 440. The predicted molar refractivity (Wildman–Crippen MR) is 87.7 cm³/mol. The first kappa shape index (κ1) is 17.7. The van der Waals surface area contributed by atoms with E-state index in [9.17, 15) is 4.79 Å². The van der Waals surface area contributed by atoms with E-state index in [-0.39, 0.29) is 11.8 Å². The predicted octanol–water partition coefficient (Wildman–Crippen LogP) is 2.08. The zero-order valence-corrected chi connectivity index (χ0v) is 14.0. The fraction of sp³-hybridized carbons (Fsp3) is 0.588. The highest BCUT2D eigenvalue weighted by Crippen LogP contribution is 2.11. The molecule has 1 aromatic rings. The van der Waals surface area contributed by atoms with Crippen molar-refractivity contribution in [2.45, 2.75) is 39.9 Å². The summed E-state index contributed by atoms with van der Waals surface area (Å²) in [4.78, 5) is 16.3. The van der Waals surface area contributed by atoms with Crippen LogP contribution >= 0.6 is 0 Å². The van der Waals surface area contributed by atoms with Crippen molar-refractivity contribution in [3.8, 4) is 0 Å². The maximum atomic E-state index is 12.3. The molecule has 0 unspecified atom stereocenters. The molecule has 1 aromatic carbocycles. The topological polar surface area (TPSA) is 49.6 Å². The number of hydrogen-bond acceptors (Lipinski definition) is 3. The fourth-order valence-corrected chi connectivity index (χ4v) is 2.18. The zero-order chi connectivity index (χ0) is 16.0. The van der Waals surface area contributed by atoms with E-state index in [1.54, 1.807) is 0 Å². The van der Waals surface area contributed by atoms with Crippen molar-refractivity contribution in [2.75, 3.05) is 20.6 Å². The number of benzene rings is 1. The third-order valence-corrected chi connectivity index (χ3v) is 3.59. The van der Waals surface area contributed by atoms with E-state index in [1.807, 2.05) is 25.7 Å². The lowest BCUT2D eigenvalue weighted by Crippen LogP contribution is -2.46. The first-order chi connectivity index (χ1) is 9.85. The molecule has 0 fully saturated rings. The summed E-state index contributed by atoms with van der Waals surface area (Å²) in [5.74, 6) is 0.193. The van der Waals surface area contributed by atoms with E-state index in [0.29, 0.717) is 13.1 Å². The molecule has 0 heterocycles. The number of carbonyl (C=O) groups is 1. The molecule has 0 spiro atoms. The summed E-state index contributed by atoms with van der Waals surface area (Å²) in [5.41, 5.74) is 8.39. The highest BCUT2D eigenvalue weighted by molar-refractivity contribution is 5.81. The minimum absolute atomic E-state index is 0.0323. The molecule has 0 aliphatic rings. The highest BCUT2D eigenvalue weighted by atomic mass is 16.2. The second kappa shape index (κ2) is 8.15. The summed E-state index contributed by atoms with van der Waals surface area (Å²) in [5, 5.41) is 0. The van der Waals surface area contributed by atoms with Crippen LogP contribution in [0.5, 0.6) is 0 Å². The lowest BCUT2D eigenvalue weighted by atomic mass is 10.0. The molecule has 0 saturated heterocycles. The Balaban J connectivity index is 2.71. The van der Waals surface area contributed by atoms with Gasteiger partial charge in [-0.2, -0.15) is 0 Å². The van der Waals surface area contributed by atoms with Gasteiger partial charge in [0.15, 0.2) is 0 Å². The zero-order valence-electron chi connectivity index (χ0n) is 14.0. The smallest absolute Gasteiger partial charge is 0.240 e. The van der Waals surface area contributed by atoms with Crippen molar-refractivity contribution in [1.82, 2.24) is 9.80 Å². The standard InChI is InChI=1S/C17H29N3O/c1-6-20(17(21)16(18)13(2)3)12-15-9-7-14(8-10-15)11-19(4)5/h7-10,13,16H,6,11-12,18H2,1-5H3/t16-/m0/s1. The highest BCUT2D eigenvalue weighted by Gasteiger charge is 2.22. The number of nitrogens with two attached hydrogens (primary N) is 1. The van der Waals surface area contributed by atoms with Gasteiger partial charge in [0.1, 0.15) is 0 Å². The lowest BCUT2D eigenvalue weighted by molar-refractivity contribution is -0.134. The average Bonchev–Trinajstić information content (AvgIpc) is 2.44. The molecule has 4 nitrogen and oxygen atoms in total. The third-order valence-electron chi connectivity index (χ3n) is 3.59. The summed E-state index contributed by atoms with van der Waals surface area (Å²) in [7, 11) is 4.11. The Morgan fingerprint density at radius 1 is 1.10 bits per heavy atom. The quantitative estimate of drug-likeness (QED) is 0.837. The molecule has 118 valence electrons. The van der Waals surface area contributed by atoms with Crippen LogP contribution in [0, 0.1) is 5.92 Å². The Morgan fingerprint density at radius 2 is 1.57 bits per heavy atom. The van der Waals surface area contributed by atoms with Crippen LogP contribution in [-0.2, 0) is 17.9 Å². The van der Waals surface area contributed by atoms with Crippen LogP contribution in [0.25, 0.3) is 0 Å². The van der Waals surface area contributed by atoms with E-state index in [0.717, 1.165) is 12.1 Å².